The maximum absolute atomic E-state index is 11.6. The predicted molar refractivity (Wildman–Crippen MR) is 95.5 cm³/mol. The quantitative estimate of drug-likeness (QED) is 0.533. The molecule has 0 aromatic heterocycles. The monoisotopic (exact) mass is 340 g/mol. The number of fused-ring (bicyclic) bond motifs is 4. The van der Waals surface area contributed by atoms with Crippen LogP contribution in [0.1, 0.15) is 5.56 Å². The van der Waals surface area contributed by atoms with E-state index in [9.17, 15) is 5.21 Å². The summed E-state index contributed by atoms with van der Waals surface area (Å²) in [5, 5.41) is 16.3. The summed E-state index contributed by atoms with van der Waals surface area (Å²) < 4.78 is 22.2. The summed E-state index contributed by atoms with van der Waals surface area (Å²) in [6.07, 6.45) is 0. The Morgan fingerprint density at radius 3 is 2.48 bits per heavy atom. The highest BCUT2D eigenvalue weighted by molar-refractivity contribution is 6.13. The van der Waals surface area contributed by atoms with Crippen molar-refractivity contribution in [3.63, 3.8) is 0 Å². The van der Waals surface area contributed by atoms with E-state index in [0.29, 0.717) is 17.2 Å². The van der Waals surface area contributed by atoms with Crippen LogP contribution in [0.15, 0.2) is 30.3 Å². The zero-order chi connectivity index (χ0) is 17.6. The molecule has 0 radical (unpaired) electrons. The first-order chi connectivity index (χ1) is 12.1. The molecule has 0 fully saturated rings. The highest BCUT2D eigenvalue weighted by atomic mass is 16.7. The molecule has 0 bridgehead atoms. The Bertz CT molecular complexity index is 967. The Hall–Kier alpha value is -2.70. The van der Waals surface area contributed by atoms with E-state index in [1.54, 1.807) is 14.2 Å². The van der Waals surface area contributed by atoms with Crippen LogP contribution < -0.4 is 18.9 Å². The summed E-state index contributed by atoms with van der Waals surface area (Å²) in [5.41, 5.74) is 0.879. The lowest BCUT2D eigenvalue weighted by Gasteiger charge is -2.24. The van der Waals surface area contributed by atoms with Crippen LogP contribution >= 0.6 is 0 Å². The molecule has 3 aromatic rings. The number of rotatable bonds is 4. The molecule has 0 aliphatic carbocycles. The molecule has 1 aliphatic heterocycles. The molecule has 0 unspecified atom stereocenters. The summed E-state index contributed by atoms with van der Waals surface area (Å²) in [7, 11) is 4.71. The number of benzene rings is 3. The molecule has 0 N–H and O–H groups in total. The first kappa shape index (κ1) is 15.8. The van der Waals surface area contributed by atoms with Crippen molar-refractivity contribution in [1.82, 2.24) is 5.06 Å². The highest BCUT2D eigenvalue weighted by Crippen LogP contribution is 2.45. The molecule has 4 rings (SSSR count). The lowest BCUT2D eigenvalue weighted by atomic mass is 9.96. The van der Waals surface area contributed by atoms with Crippen molar-refractivity contribution in [3.8, 4) is 23.0 Å². The van der Waals surface area contributed by atoms with Crippen molar-refractivity contribution in [2.75, 3.05) is 28.1 Å². The van der Waals surface area contributed by atoms with Gasteiger partial charge in [0, 0.05) is 11.9 Å². The molecule has 25 heavy (non-hydrogen) atoms. The van der Waals surface area contributed by atoms with Crippen LogP contribution in [0.3, 0.4) is 0 Å². The minimum absolute atomic E-state index is 0.219. The van der Waals surface area contributed by atoms with E-state index in [4.69, 9.17) is 18.9 Å². The summed E-state index contributed by atoms with van der Waals surface area (Å²) in [6, 6.07) is 9.77. The van der Waals surface area contributed by atoms with E-state index in [1.807, 2.05) is 30.3 Å². The fraction of sp³-hybridized carbons (Fsp3) is 0.263. The molecule has 0 saturated carbocycles. The minimum Gasteiger partial charge on any atom is -0.785 e. The van der Waals surface area contributed by atoms with Gasteiger partial charge in [0.05, 0.1) is 14.2 Å². The largest absolute Gasteiger partial charge is 0.785 e. The average Bonchev–Trinajstić information content (AvgIpc) is 3.06. The van der Waals surface area contributed by atoms with E-state index in [2.05, 4.69) is 0 Å². The Morgan fingerprint density at radius 1 is 1.04 bits per heavy atom. The Balaban J connectivity index is 2.12. The zero-order valence-corrected chi connectivity index (χ0v) is 14.3. The Kier molecular flexibility index (Phi) is 3.78. The van der Waals surface area contributed by atoms with E-state index in [1.165, 1.54) is 7.05 Å². The third kappa shape index (κ3) is 2.50. The average molecular weight is 340 g/mol. The third-order valence-electron chi connectivity index (χ3n) is 4.43. The van der Waals surface area contributed by atoms with E-state index < -0.39 is 0 Å². The second kappa shape index (κ2) is 5.98. The van der Waals surface area contributed by atoms with Gasteiger partial charge in [-0.05, 0) is 47.0 Å². The molecule has 0 atom stereocenters. The van der Waals surface area contributed by atoms with Gasteiger partial charge in [-0.15, -0.1) is 0 Å². The molecule has 1 aliphatic rings. The second-order valence-corrected chi connectivity index (χ2v) is 5.97. The molecule has 3 aromatic carbocycles. The van der Waals surface area contributed by atoms with Crippen molar-refractivity contribution in [2.45, 2.75) is 6.54 Å². The van der Waals surface area contributed by atoms with Gasteiger partial charge in [0.1, 0.15) is 0 Å². The molecule has 0 spiro atoms. The molecule has 6 heteroatoms. The number of methoxy groups -OCH3 is 2. The zero-order valence-electron chi connectivity index (χ0n) is 14.3. The van der Waals surface area contributed by atoms with Crippen molar-refractivity contribution in [3.05, 3.63) is 41.1 Å². The van der Waals surface area contributed by atoms with Gasteiger partial charge in [0.25, 0.3) is 0 Å². The van der Waals surface area contributed by atoms with E-state index in [-0.39, 0.29) is 13.3 Å². The smallest absolute Gasteiger partial charge is 0.231 e. The SMILES string of the molecule is COc1cc(CN(C)[O-])c2ccc3cc4c(cc3c2c1OC)OCO4. The van der Waals surface area contributed by atoms with Gasteiger partial charge < -0.3 is 29.2 Å². The summed E-state index contributed by atoms with van der Waals surface area (Å²) in [6.45, 7) is 0.475. The first-order valence-electron chi connectivity index (χ1n) is 7.90. The molecule has 130 valence electrons. The van der Waals surface area contributed by atoms with Gasteiger partial charge in [0.2, 0.25) is 6.79 Å². The number of ether oxygens (including phenoxy) is 4. The van der Waals surface area contributed by atoms with Crippen LogP contribution in [0.2, 0.25) is 0 Å². The molecule has 6 nitrogen and oxygen atoms in total. The molecule has 0 saturated heterocycles. The van der Waals surface area contributed by atoms with Crippen LogP contribution in [0.5, 0.6) is 23.0 Å². The molecule has 1 heterocycles. The lowest BCUT2D eigenvalue weighted by Crippen LogP contribution is -2.09. The van der Waals surface area contributed by atoms with Crippen LogP contribution in [-0.2, 0) is 6.54 Å². The molecular weight excluding hydrogens is 322 g/mol. The topological polar surface area (TPSA) is 63.2 Å². The van der Waals surface area contributed by atoms with Crippen molar-refractivity contribution >= 4 is 21.5 Å². The Morgan fingerprint density at radius 2 is 1.80 bits per heavy atom. The van der Waals surface area contributed by atoms with Crippen LogP contribution in [0, 0.1) is 5.21 Å². The number of hydrogen-bond donors (Lipinski definition) is 0. The summed E-state index contributed by atoms with van der Waals surface area (Å²) in [4.78, 5) is 0. The molecular formula is C19H18NO5-. The highest BCUT2D eigenvalue weighted by Gasteiger charge is 2.20. The van der Waals surface area contributed by atoms with Crippen molar-refractivity contribution < 1.29 is 18.9 Å². The summed E-state index contributed by atoms with van der Waals surface area (Å²) in [5.74, 6) is 2.66. The fourth-order valence-corrected chi connectivity index (χ4v) is 3.38. The third-order valence-corrected chi connectivity index (χ3v) is 4.43. The first-order valence-corrected chi connectivity index (χ1v) is 7.90. The number of hydrogen-bond acceptors (Lipinski definition) is 6. The van der Waals surface area contributed by atoms with Gasteiger partial charge in [-0.2, -0.15) is 0 Å². The van der Waals surface area contributed by atoms with Gasteiger partial charge in [-0.25, -0.2) is 0 Å². The van der Waals surface area contributed by atoms with Gasteiger partial charge in [-0.3, -0.25) is 0 Å². The molecule has 0 amide bonds. The van der Waals surface area contributed by atoms with E-state index in [0.717, 1.165) is 37.9 Å². The maximum atomic E-state index is 11.6. The van der Waals surface area contributed by atoms with Crippen LogP contribution in [0.25, 0.3) is 21.5 Å². The van der Waals surface area contributed by atoms with Crippen LogP contribution in [0.4, 0.5) is 0 Å². The van der Waals surface area contributed by atoms with Crippen molar-refractivity contribution in [2.24, 2.45) is 0 Å². The predicted octanol–water partition coefficient (Wildman–Crippen LogP) is 3.67. The van der Waals surface area contributed by atoms with E-state index >= 15 is 0 Å². The number of hydroxylamine groups is 2. The summed E-state index contributed by atoms with van der Waals surface area (Å²) >= 11 is 0. The lowest BCUT2D eigenvalue weighted by molar-refractivity contribution is 0.174. The van der Waals surface area contributed by atoms with Gasteiger partial charge in [-0.1, -0.05) is 12.1 Å². The fourth-order valence-electron chi connectivity index (χ4n) is 3.38. The van der Waals surface area contributed by atoms with Gasteiger partial charge in [0.15, 0.2) is 23.0 Å². The second-order valence-electron chi connectivity index (χ2n) is 5.97. The van der Waals surface area contributed by atoms with Crippen LogP contribution in [-0.4, -0.2) is 33.1 Å². The number of nitrogens with zero attached hydrogens (tertiary/aromatic N) is 1. The normalized spacial score (nSPS) is 13.0. The Labute approximate surface area is 145 Å². The standard InChI is InChI=1S/C19H18NO5/c1-20(21)9-12-7-17(22-2)19(23-3)18-13(12)5-4-11-6-15-16(8-14(11)18)25-10-24-15/h4-8H,9-10H2,1-3H3/q-1. The van der Waals surface area contributed by atoms with Crippen molar-refractivity contribution in [1.29, 1.82) is 0 Å². The van der Waals surface area contributed by atoms with Gasteiger partial charge >= 0.3 is 0 Å². The minimum atomic E-state index is 0.219. The maximum Gasteiger partial charge on any atom is 0.231 e.